The average Bonchev–Trinajstić information content (AvgIpc) is 3.24. The molecule has 7 nitrogen and oxygen atoms in total. The number of rotatable bonds is 7. The summed E-state index contributed by atoms with van der Waals surface area (Å²) in [7, 11) is 1.66. The third kappa shape index (κ3) is 4.96. The number of hydrogen-bond acceptors (Lipinski definition) is 6. The molecule has 0 amide bonds. The maximum atomic E-state index is 12.8. The van der Waals surface area contributed by atoms with Gasteiger partial charge >= 0.3 is 12.1 Å². The number of alkyl halides is 3. The molecule has 1 heterocycles. The number of nitrogens with one attached hydrogen (secondary N) is 1. The van der Waals surface area contributed by atoms with Gasteiger partial charge in [0.15, 0.2) is 5.60 Å². The van der Waals surface area contributed by atoms with Crippen molar-refractivity contribution in [3.05, 3.63) is 64.5 Å². The molecule has 0 bridgehead atoms. The van der Waals surface area contributed by atoms with Crippen LogP contribution in [0.2, 0.25) is 5.02 Å². The van der Waals surface area contributed by atoms with Crippen molar-refractivity contribution in [3.63, 3.8) is 0 Å². The van der Waals surface area contributed by atoms with Gasteiger partial charge < -0.3 is 19.7 Å². The first-order valence-corrected chi connectivity index (χ1v) is 10.1. The summed E-state index contributed by atoms with van der Waals surface area (Å²) in [6.07, 6.45) is -4.44. The Morgan fingerprint density at radius 2 is 1.70 bits per heavy atom. The van der Waals surface area contributed by atoms with E-state index in [-0.39, 0.29) is 22.5 Å². The van der Waals surface area contributed by atoms with Crippen LogP contribution in [0, 0.1) is 0 Å². The maximum absolute atomic E-state index is 12.8. The van der Waals surface area contributed by atoms with Crippen molar-refractivity contribution >= 4 is 17.6 Å². The third-order valence-electron chi connectivity index (χ3n) is 5.21. The summed E-state index contributed by atoms with van der Waals surface area (Å²) in [6, 6.07) is 9.19. The van der Waals surface area contributed by atoms with E-state index in [2.05, 4.69) is 15.5 Å². The second-order valence-corrected chi connectivity index (χ2v) is 8.34. The van der Waals surface area contributed by atoms with Gasteiger partial charge in [-0.05, 0) is 57.6 Å². The second-order valence-electron chi connectivity index (χ2n) is 7.94. The van der Waals surface area contributed by atoms with Crippen molar-refractivity contribution in [2.75, 3.05) is 7.05 Å². The fourth-order valence-corrected chi connectivity index (χ4v) is 3.16. The number of aromatic nitrogens is 2. The molecule has 3 rings (SSSR count). The van der Waals surface area contributed by atoms with Crippen LogP contribution in [0.1, 0.15) is 37.8 Å². The summed E-state index contributed by atoms with van der Waals surface area (Å²) in [6.45, 7) is 4.56. The molecule has 0 fully saturated rings. The van der Waals surface area contributed by atoms with Crippen LogP contribution >= 0.6 is 11.6 Å². The zero-order chi connectivity index (χ0) is 24.6. The van der Waals surface area contributed by atoms with Crippen molar-refractivity contribution < 1.29 is 32.3 Å². The van der Waals surface area contributed by atoms with Gasteiger partial charge in [0.1, 0.15) is 11.3 Å². The van der Waals surface area contributed by atoms with E-state index in [1.807, 2.05) is 0 Å². The van der Waals surface area contributed by atoms with Crippen molar-refractivity contribution in [1.82, 2.24) is 15.5 Å². The molecule has 0 saturated carbocycles. The highest BCUT2D eigenvalue weighted by molar-refractivity contribution is 6.32. The highest BCUT2D eigenvalue weighted by Gasteiger charge is 2.36. The largest absolute Gasteiger partial charge is 0.478 e. The van der Waals surface area contributed by atoms with E-state index in [1.165, 1.54) is 32.0 Å². The van der Waals surface area contributed by atoms with E-state index < -0.39 is 28.8 Å². The summed E-state index contributed by atoms with van der Waals surface area (Å²) in [5.74, 6) is -0.698. The molecule has 11 heteroatoms. The number of hydrogen-bond donors (Lipinski definition) is 2. The monoisotopic (exact) mass is 483 g/mol. The predicted octanol–water partition coefficient (Wildman–Crippen LogP) is 5.13. The summed E-state index contributed by atoms with van der Waals surface area (Å²) in [5.41, 5.74) is -2.31. The fraction of sp³-hybridized carbons (Fsp3) is 0.318. The van der Waals surface area contributed by atoms with Gasteiger partial charge in [0, 0.05) is 5.56 Å². The Labute approximate surface area is 192 Å². The van der Waals surface area contributed by atoms with E-state index in [4.69, 9.17) is 20.9 Å². The van der Waals surface area contributed by atoms with E-state index in [9.17, 15) is 23.1 Å². The Hall–Kier alpha value is -3.11. The number of carboxylic acids is 1. The lowest BCUT2D eigenvalue weighted by molar-refractivity contribution is -0.152. The zero-order valence-electron chi connectivity index (χ0n) is 18.1. The molecule has 0 aliphatic rings. The van der Waals surface area contributed by atoms with Gasteiger partial charge in [0.25, 0.3) is 5.89 Å². The summed E-state index contributed by atoms with van der Waals surface area (Å²) in [5, 5.41) is 16.4. The van der Waals surface area contributed by atoms with Crippen LogP contribution in [0.4, 0.5) is 13.2 Å². The van der Waals surface area contributed by atoms with Gasteiger partial charge in [-0.1, -0.05) is 35.0 Å². The Kier molecular flexibility index (Phi) is 6.45. The molecular weight excluding hydrogens is 463 g/mol. The Morgan fingerprint density at radius 3 is 2.21 bits per heavy atom. The number of benzene rings is 2. The van der Waals surface area contributed by atoms with Gasteiger partial charge in [-0.2, -0.15) is 18.2 Å². The first-order valence-electron chi connectivity index (χ1n) is 9.71. The SMILES string of the molecule is CNC(C)(c1ccc(OC(C)(C)C(=O)O)c(Cl)c1)c1nc(-c2ccc(C(F)(F)F)cc2)no1. The van der Waals surface area contributed by atoms with Crippen molar-refractivity contribution in [2.45, 2.75) is 38.1 Å². The van der Waals surface area contributed by atoms with Gasteiger partial charge in [-0.15, -0.1) is 0 Å². The minimum Gasteiger partial charge on any atom is -0.478 e. The fourth-order valence-electron chi connectivity index (χ4n) is 2.94. The van der Waals surface area contributed by atoms with Gasteiger partial charge in [0.2, 0.25) is 5.82 Å². The quantitative estimate of drug-likeness (QED) is 0.480. The number of carboxylic acid groups (broad SMARTS) is 1. The summed E-state index contributed by atoms with van der Waals surface area (Å²) < 4.78 is 49.3. The van der Waals surface area contributed by atoms with Crippen LogP contribution in [-0.4, -0.2) is 33.9 Å². The van der Waals surface area contributed by atoms with Gasteiger partial charge in [0.05, 0.1) is 10.6 Å². The van der Waals surface area contributed by atoms with Crippen LogP contribution in [0.15, 0.2) is 47.0 Å². The number of nitrogens with zero attached hydrogens (tertiary/aromatic N) is 2. The van der Waals surface area contributed by atoms with Crippen LogP contribution in [0.3, 0.4) is 0 Å². The molecule has 1 atom stereocenters. The van der Waals surface area contributed by atoms with Crippen LogP contribution in [0.5, 0.6) is 5.75 Å². The molecule has 33 heavy (non-hydrogen) atoms. The van der Waals surface area contributed by atoms with Crippen molar-refractivity contribution in [3.8, 4) is 17.1 Å². The molecule has 2 N–H and O–H groups in total. The molecule has 0 spiro atoms. The molecule has 0 aliphatic heterocycles. The molecule has 0 aliphatic carbocycles. The number of aliphatic carboxylic acids is 1. The molecule has 3 aromatic rings. The minimum absolute atomic E-state index is 0.120. The van der Waals surface area contributed by atoms with E-state index in [1.54, 1.807) is 26.1 Å². The van der Waals surface area contributed by atoms with E-state index >= 15 is 0 Å². The number of carbonyl (C=O) groups is 1. The molecule has 0 saturated heterocycles. The average molecular weight is 484 g/mol. The topological polar surface area (TPSA) is 97.5 Å². The Bertz CT molecular complexity index is 1160. The lowest BCUT2D eigenvalue weighted by atomic mass is 9.92. The van der Waals surface area contributed by atoms with Gasteiger partial charge in [-0.25, -0.2) is 4.79 Å². The lowest BCUT2D eigenvalue weighted by Crippen LogP contribution is -2.39. The third-order valence-corrected chi connectivity index (χ3v) is 5.51. The summed E-state index contributed by atoms with van der Waals surface area (Å²) >= 11 is 6.34. The predicted molar refractivity (Wildman–Crippen MR) is 114 cm³/mol. The maximum Gasteiger partial charge on any atom is 0.416 e. The van der Waals surface area contributed by atoms with Crippen LogP contribution in [0.25, 0.3) is 11.4 Å². The van der Waals surface area contributed by atoms with Crippen LogP contribution in [-0.2, 0) is 16.5 Å². The molecule has 0 radical (unpaired) electrons. The Balaban J connectivity index is 1.91. The normalized spacial score (nSPS) is 14.1. The first kappa shape index (κ1) is 24.5. The second kappa shape index (κ2) is 8.68. The van der Waals surface area contributed by atoms with Crippen LogP contribution < -0.4 is 10.1 Å². The molecular formula is C22H21ClF3N3O4. The molecule has 1 unspecified atom stereocenters. The van der Waals surface area contributed by atoms with E-state index in [0.29, 0.717) is 11.1 Å². The molecule has 176 valence electrons. The highest BCUT2D eigenvalue weighted by Crippen LogP contribution is 2.36. The number of halogens is 4. The highest BCUT2D eigenvalue weighted by atomic mass is 35.5. The standard InChI is InChI=1S/C22H21ClF3N3O4/c1-20(2,19(30)31)32-16-10-9-14(11-15(16)23)21(3,27-4)18-28-17(29-33-18)12-5-7-13(8-6-12)22(24,25)26/h5-11,27H,1-4H3,(H,30,31). The Morgan fingerprint density at radius 1 is 1.09 bits per heavy atom. The zero-order valence-corrected chi connectivity index (χ0v) is 18.9. The molecule has 2 aromatic carbocycles. The molecule has 1 aromatic heterocycles. The van der Waals surface area contributed by atoms with Gasteiger partial charge in [-0.3, -0.25) is 0 Å². The minimum atomic E-state index is -4.44. The number of ether oxygens (including phenoxy) is 1. The van der Waals surface area contributed by atoms with Crippen molar-refractivity contribution in [1.29, 1.82) is 0 Å². The smallest absolute Gasteiger partial charge is 0.416 e. The lowest BCUT2D eigenvalue weighted by Gasteiger charge is -2.27. The van der Waals surface area contributed by atoms with E-state index in [0.717, 1.165) is 12.1 Å². The van der Waals surface area contributed by atoms with Crippen molar-refractivity contribution in [2.24, 2.45) is 0 Å². The first-order chi connectivity index (χ1) is 15.3. The summed E-state index contributed by atoms with van der Waals surface area (Å²) in [4.78, 5) is 15.7.